The van der Waals surface area contributed by atoms with Gasteiger partial charge in [0, 0.05) is 18.2 Å². The molecule has 4 rings (SSSR count). The van der Waals surface area contributed by atoms with E-state index in [1.54, 1.807) is 18.2 Å². The predicted molar refractivity (Wildman–Crippen MR) is 141 cm³/mol. The van der Waals surface area contributed by atoms with Crippen LogP contribution in [0.4, 0.5) is 5.69 Å². The lowest BCUT2D eigenvalue weighted by atomic mass is 10.1. The molecule has 188 valence electrons. The van der Waals surface area contributed by atoms with E-state index in [0.29, 0.717) is 16.8 Å². The van der Waals surface area contributed by atoms with Crippen LogP contribution in [0.1, 0.15) is 22.8 Å². The second-order valence-corrected chi connectivity index (χ2v) is 9.46. The minimum atomic E-state index is -4.20. The Morgan fingerprint density at radius 1 is 0.865 bits per heavy atom. The number of amides is 2. The molecule has 0 unspecified atom stereocenters. The molecular formula is C27H23N3O6S. The van der Waals surface area contributed by atoms with Crippen LogP contribution in [0.15, 0.2) is 94.9 Å². The molecule has 9 nitrogen and oxygen atoms in total. The first-order valence-corrected chi connectivity index (χ1v) is 12.5. The molecule has 2 amide bonds. The third-order valence-electron chi connectivity index (χ3n) is 5.24. The van der Waals surface area contributed by atoms with Gasteiger partial charge in [-0.25, -0.2) is 5.43 Å². The zero-order valence-electron chi connectivity index (χ0n) is 20.0. The lowest BCUT2D eigenvalue weighted by molar-refractivity contribution is -0.114. The van der Waals surface area contributed by atoms with Crippen molar-refractivity contribution in [3.63, 3.8) is 0 Å². The third-order valence-corrected chi connectivity index (χ3v) is 6.49. The second-order valence-electron chi connectivity index (χ2n) is 7.91. The average molecular weight is 518 g/mol. The number of methoxy groups -OCH3 is 1. The van der Waals surface area contributed by atoms with Crippen molar-refractivity contribution in [2.45, 2.75) is 11.8 Å². The first-order valence-electron chi connectivity index (χ1n) is 11.1. The van der Waals surface area contributed by atoms with Gasteiger partial charge in [-0.15, -0.1) is 0 Å². The molecule has 0 aromatic heterocycles. The minimum Gasteiger partial charge on any atom is -0.493 e. The van der Waals surface area contributed by atoms with Crippen LogP contribution in [0.5, 0.6) is 11.5 Å². The number of anilines is 1. The average Bonchev–Trinajstić information content (AvgIpc) is 2.88. The highest BCUT2D eigenvalue weighted by molar-refractivity contribution is 7.87. The highest BCUT2D eigenvalue weighted by Gasteiger charge is 2.19. The molecule has 4 aromatic rings. The van der Waals surface area contributed by atoms with Crippen molar-refractivity contribution in [3.05, 3.63) is 96.1 Å². The summed E-state index contributed by atoms with van der Waals surface area (Å²) < 4.78 is 36.2. The fourth-order valence-electron chi connectivity index (χ4n) is 3.47. The van der Waals surface area contributed by atoms with Crippen molar-refractivity contribution in [2.24, 2.45) is 5.10 Å². The molecule has 4 aromatic carbocycles. The van der Waals surface area contributed by atoms with E-state index in [1.807, 2.05) is 30.3 Å². The first-order chi connectivity index (χ1) is 17.7. The molecule has 2 N–H and O–H groups in total. The number of nitrogens with one attached hydrogen (secondary N) is 2. The maximum atomic E-state index is 12.8. The number of fused-ring (bicyclic) bond motifs is 1. The molecule has 0 aliphatic heterocycles. The topological polar surface area (TPSA) is 123 Å². The number of rotatable bonds is 8. The quantitative estimate of drug-likeness (QED) is 0.204. The summed E-state index contributed by atoms with van der Waals surface area (Å²) in [5, 5.41) is 8.50. The maximum absolute atomic E-state index is 12.8. The van der Waals surface area contributed by atoms with Gasteiger partial charge in [0.05, 0.1) is 13.3 Å². The molecular weight excluding hydrogens is 494 g/mol. The molecule has 0 saturated carbocycles. The molecule has 0 aliphatic rings. The van der Waals surface area contributed by atoms with Gasteiger partial charge in [-0.1, -0.05) is 30.3 Å². The summed E-state index contributed by atoms with van der Waals surface area (Å²) in [7, 11) is -2.82. The van der Waals surface area contributed by atoms with E-state index in [4.69, 9.17) is 8.92 Å². The van der Waals surface area contributed by atoms with E-state index in [9.17, 15) is 18.0 Å². The number of carbonyl (C=O) groups is 2. The predicted octanol–water partition coefficient (Wildman–Crippen LogP) is 4.34. The van der Waals surface area contributed by atoms with E-state index in [0.717, 1.165) is 10.8 Å². The Hall–Kier alpha value is -4.70. The molecule has 0 saturated heterocycles. The van der Waals surface area contributed by atoms with Crippen molar-refractivity contribution in [1.82, 2.24) is 5.43 Å². The summed E-state index contributed by atoms with van der Waals surface area (Å²) in [4.78, 5) is 23.6. The lowest BCUT2D eigenvalue weighted by Crippen LogP contribution is -2.17. The Morgan fingerprint density at radius 2 is 1.59 bits per heavy atom. The molecule has 0 spiro atoms. The van der Waals surface area contributed by atoms with Gasteiger partial charge in [-0.3, -0.25) is 9.59 Å². The fourth-order valence-corrected chi connectivity index (χ4v) is 4.41. The third kappa shape index (κ3) is 6.30. The number of carbonyl (C=O) groups excluding carboxylic acids is 2. The smallest absolute Gasteiger partial charge is 0.339 e. The second kappa shape index (κ2) is 10.9. The minimum absolute atomic E-state index is 0.0572. The molecule has 37 heavy (non-hydrogen) atoms. The number of nitrogens with zero attached hydrogens (tertiary/aromatic N) is 1. The Morgan fingerprint density at radius 3 is 2.30 bits per heavy atom. The van der Waals surface area contributed by atoms with Crippen LogP contribution in [0, 0.1) is 0 Å². The van der Waals surface area contributed by atoms with Gasteiger partial charge < -0.3 is 14.2 Å². The fraction of sp³-hybridized carbons (Fsp3) is 0.0741. The van der Waals surface area contributed by atoms with Crippen LogP contribution in [0.3, 0.4) is 0 Å². The summed E-state index contributed by atoms with van der Waals surface area (Å²) in [6.45, 7) is 1.35. The molecule has 0 bridgehead atoms. The van der Waals surface area contributed by atoms with Gasteiger partial charge in [0.1, 0.15) is 4.90 Å². The largest absolute Gasteiger partial charge is 0.493 e. The van der Waals surface area contributed by atoms with Gasteiger partial charge in [-0.2, -0.15) is 13.5 Å². The summed E-state index contributed by atoms with van der Waals surface area (Å²) in [6.07, 6.45) is 1.36. The lowest BCUT2D eigenvalue weighted by Gasteiger charge is -2.12. The van der Waals surface area contributed by atoms with Gasteiger partial charge >= 0.3 is 10.1 Å². The Bertz CT molecular complexity index is 1600. The monoisotopic (exact) mass is 517 g/mol. The maximum Gasteiger partial charge on any atom is 0.339 e. The van der Waals surface area contributed by atoms with E-state index in [-0.39, 0.29) is 22.3 Å². The van der Waals surface area contributed by atoms with Crippen LogP contribution in [0.25, 0.3) is 10.8 Å². The summed E-state index contributed by atoms with van der Waals surface area (Å²) >= 11 is 0. The number of hydrogen-bond donors (Lipinski definition) is 2. The standard InChI is InChI=1S/C27H23N3O6S/c1-18(31)29-23-10-12-24(13-11-23)37(33,34)36-26-15-19(7-14-25(26)35-2)17-28-30-27(32)22-9-8-20-5-3-4-6-21(20)16-22/h3-17H,1-2H3,(H,29,31)(H,30,32)/b28-17+. The number of hydrogen-bond acceptors (Lipinski definition) is 7. The number of hydrazone groups is 1. The number of benzene rings is 4. The summed E-state index contributed by atoms with van der Waals surface area (Å²) in [6, 6.07) is 23.2. The summed E-state index contributed by atoms with van der Waals surface area (Å²) in [5.41, 5.74) is 3.83. The number of ether oxygens (including phenoxy) is 1. The van der Waals surface area contributed by atoms with Crippen LogP contribution < -0.4 is 19.7 Å². The Kier molecular flexibility index (Phi) is 7.49. The van der Waals surface area contributed by atoms with Crippen molar-refractivity contribution >= 4 is 44.6 Å². The van der Waals surface area contributed by atoms with E-state index in [1.165, 1.54) is 56.6 Å². The van der Waals surface area contributed by atoms with Crippen LogP contribution >= 0.6 is 0 Å². The Labute approximate surface area is 213 Å². The highest BCUT2D eigenvalue weighted by atomic mass is 32.2. The highest BCUT2D eigenvalue weighted by Crippen LogP contribution is 2.30. The van der Waals surface area contributed by atoms with Crippen LogP contribution in [-0.4, -0.2) is 33.6 Å². The van der Waals surface area contributed by atoms with Gasteiger partial charge in [-0.05, 0) is 70.9 Å². The van der Waals surface area contributed by atoms with Crippen molar-refractivity contribution in [3.8, 4) is 11.5 Å². The normalized spacial score (nSPS) is 11.3. The van der Waals surface area contributed by atoms with Crippen LogP contribution in [-0.2, 0) is 14.9 Å². The molecule has 0 aliphatic carbocycles. The zero-order chi connectivity index (χ0) is 26.4. The van der Waals surface area contributed by atoms with Crippen molar-refractivity contribution in [2.75, 3.05) is 12.4 Å². The van der Waals surface area contributed by atoms with E-state index >= 15 is 0 Å². The molecule has 0 fully saturated rings. The van der Waals surface area contributed by atoms with E-state index < -0.39 is 16.0 Å². The summed E-state index contributed by atoms with van der Waals surface area (Å²) in [5.74, 6) is -0.533. The SMILES string of the molecule is COc1ccc(/C=N/NC(=O)c2ccc3ccccc3c2)cc1OS(=O)(=O)c1ccc(NC(C)=O)cc1. The molecule has 0 atom stereocenters. The van der Waals surface area contributed by atoms with Crippen LogP contribution in [0.2, 0.25) is 0 Å². The zero-order valence-corrected chi connectivity index (χ0v) is 20.8. The van der Waals surface area contributed by atoms with E-state index in [2.05, 4.69) is 15.8 Å². The van der Waals surface area contributed by atoms with Crippen molar-refractivity contribution < 1.29 is 26.9 Å². The van der Waals surface area contributed by atoms with Gasteiger partial charge in [0.15, 0.2) is 11.5 Å². The molecule has 0 radical (unpaired) electrons. The van der Waals surface area contributed by atoms with Gasteiger partial charge in [0.25, 0.3) is 5.91 Å². The van der Waals surface area contributed by atoms with Gasteiger partial charge in [0.2, 0.25) is 5.91 Å². The van der Waals surface area contributed by atoms with Crippen molar-refractivity contribution in [1.29, 1.82) is 0 Å². The molecule has 10 heteroatoms. The Balaban J connectivity index is 1.48. The first kappa shape index (κ1) is 25.4. The molecule has 0 heterocycles.